The molecule has 1 aliphatic rings. The lowest BCUT2D eigenvalue weighted by Gasteiger charge is -2.28. The maximum absolute atomic E-state index is 12.7. The highest BCUT2D eigenvalue weighted by Gasteiger charge is 2.26. The van der Waals surface area contributed by atoms with Crippen LogP contribution in [0.2, 0.25) is 0 Å². The number of H-pyrrole nitrogens is 1. The molecule has 1 fully saturated rings. The van der Waals surface area contributed by atoms with E-state index in [0.717, 1.165) is 48.2 Å². The van der Waals surface area contributed by atoms with Crippen molar-refractivity contribution in [3.63, 3.8) is 0 Å². The minimum Gasteiger partial charge on any atom is -0.349 e. The predicted molar refractivity (Wildman–Crippen MR) is 108 cm³/mol. The first kappa shape index (κ1) is 17.5. The van der Waals surface area contributed by atoms with Crippen molar-refractivity contribution in [1.29, 1.82) is 0 Å². The zero-order valence-electron chi connectivity index (χ0n) is 15.8. The molecule has 1 amide bonds. The molecule has 4 aromatic rings. The van der Waals surface area contributed by atoms with E-state index in [1.54, 1.807) is 16.8 Å². The summed E-state index contributed by atoms with van der Waals surface area (Å²) in [6.07, 6.45) is 5.58. The van der Waals surface area contributed by atoms with Crippen molar-refractivity contribution >= 4 is 16.9 Å². The average molecular weight is 387 g/mol. The van der Waals surface area contributed by atoms with Gasteiger partial charge >= 0.3 is 0 Å². The summed E-state index contributed by atoms with van der Waals surface area (Å²) in [6.45, 7) is 0. The molecule has 146 valence electrons. The molecule has 2 aromatic carbocycles. The fraction of sp³-hybridized carbons (Fsp3) is 0.286. The SMILES string of the molecule is O=C(NC1CCCC(c2nc3ccccc3[nH]2)C1)c1ccc(-n2cnnn2)cc1. The van der Waals surface area contributed by atoms with E-state index in [1.807, 2.05) is 36.4 Å². The van der Waals surface area contributed by atoms with Crippen LogP contribution in [-0.2, 0) is 0 Å². The number of carbonyl (C=O) groups is 1. The Morgan fingerprint density at radius 1 is 1.10 bits per heavy atom. The normalized spacial score (nSPS) is 19.3. The minimum absolute atomic E-state index is 0.0523. The number of benzene rings is 2. The van der Waals surface area contributed by atoms with Gasteiger partial charge in [-0.2, -0.15) is 0 Å². The largest absolute Gasteiger partial charge is 0.349 e. The molecule has 2 N–H and O–H groups in total. The number of para-hydroxylation sites is 2. The summed E-state index contributed by atoms with van der Waals surface area (Å²) in [5.74, 6) is 1.31. The molecule has 0 spiro atoms. The van der Waals surface area contributed by atoms with Crippen LogP contribution in [0.4, 0.5) is 0 Å². The van der Waals surface area contributed by atoms with Crippen molar-refractivity contribution in [2.24, 2.45) is 0 Å². The zero-order valence-corrected chi connectivity index (χ0v) is 15.8. The number of carbonyl (C=O) groups excluding carboxylic acids is 1. The lowest BCUT2D eigenvalue weighted by molar-refractivity contribution is 0.0924. The number of hydrogen-bond donors (Lipinski definition) is 2. The highest BCUT2D eigenvalue weighted by molar-refractivity contribution is 5.94. The Kier molecular flexibility index (Phi) is 4.51. The van der Waals surface area contributed by atoms with Gasteiger partial charge in [-0.05, 0) is 66.1 Å². The lowest BCUT2D eigenvalue weighted by atomic mass is 9.85. The fourth-order valence-corrected chi connectivity index (χ4v) is 4.05. The van der Waals surface area contributed by atoms with E-state index < -0.39 is 0 Å². The average Bonchev–Trinajstić information content (AvgIpc) is 3.44. The molecule has 2 heterocycles. The number of imidazole rings is 1. The third-order valence-corrected chi connectivity index (χ3v) is 5.55. The van der Waals surface area contributed by atoms with Crippen molar-refractivity contribution in [2.45, 2.75) is 37.6 Å². The van der Waals surface area contributed by atoms with E-state index in [0.29, 0.717) is 11.5 Å². The van der Waals surface area contributed by atoms with E-state index in [1.165, 1.54) is 6.33 Å². The molecule has 0 radical (unpaired) electrons. The molecule has 8 heteroatoms. The summed E-state index contributed by atoms with van der Waals surface area (Å²) in [7, 11) is 0. The number of aromatic nitrogens is 6. The second-order valence-electron chi connectivity index (χ2n) is 7.47. The van der Waals surface area contributed by atoms with Crippen LogP contribution in [0, 0.1) is 0 Å². The number of amides is 1. The summed E-state index contributed by atoms with van der Waals surface area (Å²) in [5, 5.41) is 14.3. The van der Waals surface area contributed by atoms with Crippen molar-refractivity contribution < 1.29 is 4.79 Å². The van der Waals surface area contributed by atoms with E-state index in [9.17, 15) is 4.79 Å². The van der Waals surface area contributed by atoms with Crippen LogP contribution in [0.5, 0.6) is 0 Å². The Morgan fingerprint density at radius 2 is 1.97 bits per heavy atom. The summed E-state index contributed by atoms with van der Waals surface area (Å²) < 4.78 is 1.56. The Balaban J connectivity index is 1.25. The second-order valence-corrected chi connectivity index (χ2v) is 7.47. The Hall–Kier alpha value is -3.55. The molecular formula is C21H21N7O. The van der Waals surface area contributed by atoms with Gasteiger partial charge in [-0.3, -0.25) is 4.79 Å². The molecule has 0 saturated heterocycles. The van der Waals surface area contributed by atoms with Crippen LogP contribution in [-0.4, -0.2) is 42.1 Å². The number of tetrazole rings is 1. The smallest absolute Gasteiger partial charge is 0.251 e. The summed E-state index contributed by atoms with van der Waals surface area (Å²) >= 11 is 0. The monoisotopic (exact) mass is 387 g/mol. The Morgan fingerprint density at radius 3 is 2.76 bits per heavy atom. The van der Waals surface area contributed by atoms with Gasteiger partial charge in [0, 0.05) is 17.5 Å². The van der Waals surface area contributed by atoms with Gasteiger partial charge in [0.2, 0.25) is 0 Å². The second kappa shape index (κ2) is 7.46. The molecule has 29 heavy (non-hydrogen) atoms. The third kappa shape index (κ3) is 3.61. The van der Waals surface area contributed by atoms with E-state index in [4.69, 9.17) is 4.98 Å². The van der Waals surface area contributed by atoms with Gasteiger partial charge < -0.3 is 10.3 Å². The van der Waals surface area contributed by atoms with Crippen LogP contribution < -0.4 is 5.32 Å². The number of hydrogen-bond acceptors (Lipinski definition) is 5. The molecule has 1 saturated carbocycles. The van der Waals surface area contributed by atoms with Gasteiger partial charge in [0.1, 0.15) is 12.2 Å². The topological polar surface area (TPSA) is 101 Å². The predicted octanol–water partition coefficient (Wildman–Crippen LogP) is 2.99. The van der Waals surface area contributed by atoms with Gasteiger partial charge in [-0.1, -0.05) is 18.6 Å². The highest BCUT2D eigenvalue weighted by atomic mass is 16.1. The molecule has 2 aromatic heterocycles. The zero-order chi connectivity index (χ0) is 19.6. The first-order valence-electron chi connectivity index (χ1n) is 9.85. The van der Waals surface area contributed by atoms with Gasteiger partial charge in [-0.15, -0.1) is 5.10 Å². The van der Waals surface area contributed by atoms with Crippen molar-refractivity contribution in [2.75, 3.05) is 0 Å². The van der Waals surface area contributed by atoms with Crippen molar-refractivity contribution in [3.8, 4) is 5.69 Å². The molecular weight excluding hydrogens is 366 g/mol. The molecule has 2 unspecified atom stereocenters. The number of fused-ring (bicyclic) bond motifs is 1. The number of nitrogens with one attached hydrogen (secondary N) is 2. The molecule has 5 rings (SSSR count). The van der Waals surface area contributed by atoms with Gasteiger partial charge in [-0.25, -0.2) is 9.67 Å². The molecule has 0 bridgehead atoms. The first-order valence-corrected chi connectivity index (χ1v) is 9.85. The number of rotatable bonds is 4. The van der Waals surface area contributed by atoms with Crippen molar-refractivity contribution in [1.82, 2.24) is 35.5 Å². The molecule has 8 nitrogen and oxygen atoms in total. The Bertz CT molecular complexity index is 1080. The molecule has 2 atom stereocenters. The molecule has 0 aliphatic heterocycles. The van der Waals surface area contributed by atoms with Crippen LogP contribution in [0.1, 0.15) is 47.8 Å². The van der Waals surface area contributed by atoms with E-state index >= 15 is 0 Å². The highest BCUT2D eigenvalue weighted by Crippen LogP contribution is 2.32. The van der Waals surface area contributed by atoms with Crippen LogP contribution in [0.15, 0.2) is 54.9 Å². The van der Waals surface area contributed by atoms with E-state index in [2.05, 4.69) is 25.8 Å². The maximum atomic E-state index is 12.7. The molecule has 1 aliphatic carbocycles. The van der Waals surface area contributed by atoms with Crippen LogP contribution >= 0.6 is 0 Å². The standard InChI is InChI=1S/C21H21N7O/c29-21(14-8-10-17(11-9-14)28-13-22-26-27-28)23-16-5-3-4-15(12-16)20-24-18-6-1-2-7-19(18)25-20/h1-2,6-11,13,15-16H,3-5,12H2,(H,23,29)(H,24,25). The minimum atomic E-state index is -0.0523. The van der Waals surface area contributed by atoms with Crippen LogP contribution in [0.3, 0.4) is 0 Å². The third-order valence-electron chi connectivity index (χ3n) is 5.55. The summed E-state index contributed by atoms with van der Waals surface area (Å²) in [5.41, 5.74) is 3.51. The van der Waals surface area contributed by atoms with Crippen molar-refractivity contribution in [3.05, 3.63) is 66.2 Å². The first-order chi connectivity index (χ1) is 14.3. The quantitative estimate of drug-likeness (QED) is 0.560. The maximum Gasteiger partial charge on any atom is 0.251 e. The fourth-order valence-electron chi connectivity index (χ4n) is 4.05. The number of nitrogens with zero attached hydrogens (tertiary/aromatic N) is 5. The summed E-state index contributed by atoms with van der Waals surface area (Å²) in [6, 6.07) is 15.5. The van der Waals surface area contributed by atoms with Crippen LogP contribution in [0.25, 0.3) is 16.7 Å². The summed E-state index contributed by atoms with van der Waals surface area (Å²) in [4.78, 5) is 20.9. The number of aromatic amines is 1. The Labute approximate surface area is 167 Å². The van der Waals surface area contributed by atoms with Gasteiger partial charge in [0.05, 0.1) is 16.7 Å². The van der Waals surface area contributed by atoms with Gasteiger partial charge in [0.15, 0.2) is 0 Å². The lowest BCUT2D eigenvalue weighted by Crippen LogP contribution is -2.38. The van der Waals surface area contributed by atoms with E-state index in [-0.39, 0.29) is 11.9 Å². The van der Waals surface area contributed by atoms with Gasteiger partial charge in [0.25, 0.3) is 5.91 Å².